The first-order chi connectivity index (χ1) is 12.1. The number of nitrogens with zero attached hydrogens (tertiary/aromatic N) is 1. The summed E-state index contributed by atoms with van der Waals surface area (Å²) in [6, 6.07) is 5.85. The highest BCUT2D eigenvalue weighted by Crippen LogP contribution is 2.34. The van der Waals surface area contributed by atoms with Gasteiger partial charge in [0.05, 0.1) is 6.54 Å². The number of thioether (sulfide) groups is 1. The first-order valence-corrected chi connectivity index (χ1v) is 9.34. The van der Waals surface area contributed by atoms with E-state index in [4.69, 9.17) is 14.6 Å². The third kappa shape index (κ3) is 5.27. The van der Waals surface area contributed by atoms with Gasteiger partial charge in [0, 0.05) is 36.2 Å². The Morgan fingerprint density at radius 3 is 2.88 bits per heavy atom. The van der Waals surface area contributed by atoms with E-state index < -0.39 is 5.97 Å². The van der Waals surface area contributed by atoms with Crippen LogP contribution in [0.1, 0.15) is 12.8 Å². The smallest absolute Gasteiger partial charge is 0.317 e. The topological polar surface area (TPSA) is 88.1 Å². The van der Waals surface area contributed by atoms with Crippen LogP contribution in [0, 0.1) is 0 Å². The molecule has 0 aromatic heterocycles. The van der Waals surface area contributed by atoms with Crippen molar-refractivity contribution in [1.82, 2.24) is 10.2 Å². The molecule has 3 rings (SSSR count). The third-order valence-electron chi connectivity index (χ3n) is 4.11. The lowest BCUT2D eigenvalue weighted by Crippen LogP contribution is -2.38. The molecular formula is C17H22N2O5S. The minimum absolute atomic E-state index is 0.00668. The molecule has 1 aromatic rings. The van der Waals surface area contributed by atoms with Crippen LogP contribution in [0.25, 0.3) is 0 Å². The van der Waals surface area contributed by atoms with Crippen LogP contribution in [0.5, 0.6) is 11.5 Å². The number of carboxylic acid groups (broad SMARTS) is 1. The predicted molar refractivity (Wildman–Crippen MR) is 93.4 cm³/mol. The van der Waals surface area contributed by atoms with Gasteiger partial charge in [0.1, 0.15) is 13.2 Å². The van der Waals surface area contributed by atoms with Gasteiger partial charge in [-0.2, -0.15) is 0 Å². The van der Waals surface area contributed by atoms with Crippen molar-refractivity contribution in [2.24, 2.45) is 0 Å². The number of ether oxygens (including phenoxy) is 2. The van der Waals surface area contributed by atoms with Gasteiger partial charge in [0.25, 0.3) is 0 Å². The van der Waals surface area contributed by atoms with E-state index >= 15 is 0 Å². The van der Waals surface area contributed by atoms with Crippen molar-refractivity contribution >= 4 is 23.6 Å². The molecule has 136 valence electrons. The van der Waals surface area contributed by atoms with Crippen molar-refractivity contribution in [2.75, 3.05) is 38.6 Å². The Morgan fingerprint density at radius 1 is 1.28 bits per heavy atom. The van der Waals surface area contributed by atoms with Crippen molar-refractivity contribution in [2.45, 2.75) is 23.8 Å². The predicted octanol–water partition coefficient (Wildman–Crippen LogP) is 1.22. The van der Waals surface area contributed by atoms with Crippen molar-refractivity contribution in [3.8, 4) is 11.5 Å². The van der Waals surface area contributed by atoms with Crippen molar-refractivity contribution in [3.63, 3.8) is 0 Å². The van der Waals surface area contributed by atoms with Crippen molar-refractivity contribution < 1.29 is 24.2 Å². The number of rotatable bonds is 7. The van der Waals surface area contributed by atoms with Crippen LogP contribution in [0.15, 0.2) is 23.1 Å². The maximum absolute atomic E-state index is 12.0. The molecule has 2 N–H and O–H groups in total. The molecule has 2 aliphatic rings. The molecule has 0 bridgehead atoms. The zero-order chi connectivity index (χ0) is 17.6. The average Bonchev–Trinajstić information content (AvgIpc) is 3.00. The maximum atomic E-state index is 12.0. The quantitative estimate of drug-likeness (QED) is 0.702. The molecule has 1 atom stereocenters. The molecule has 25 heavy (non-hydrogen) atoms. The van der Waals surface area contributed by atoms with Gasteiger partial charge in [-0.1, -0.05) is 0 Å². The average molecular weight is 366 g/mol. The van der Waals surface area contributed by atoms with Gasteiger partial charge < -0.3 is 19.9 Å². The molecule has 0 saturated carbocycles. The fraction of sp³-hybridized carbons (Fsp3) is 0.529. The molecule has 2 aliphatic heterocycles. The second-order valence-electron chi connectivity index (χ2n) is 6.09. The summed E-state index contributed by atoms with van der Waals surface area (Å²) >= 11 is 1.60. The number of benzene rings is 1. The standard InChI is InChI=1S/C17H22N2O5S/c20-16(18-12-3-5-19(10-12)11-17(21)22)4-8-25-13-1-2-14-15(9-13)24-7-6-23-14/h1-2,9,12H,3-8,10-11H2,(H,18,20)(H,21,22). The van der Waals surface area contributed by atoms with Gasteiger partial charge >= 0.3 is 5.97 Å². The molecule has 1 saturated heterocycles. The van der Waals surface area contributed by atoms with Crippen LogP contribution in [0.3, 0.4) is 0 Å². The van der Waals surface area contributed by atoms with Crippen molar-refractivity contribution in [1.29, 1.82) is 0 Å². The van der Waals surface area contributed by atoms with E-state index in [9.17, 15) is 9.59 Å². The van der Waals surface area contributed by atoms with E-state index in [1.165, 1.54) is 0 Å². The molecular weight excluding hydrogens is 344 g/mol. The summed E-state index contributed by atoms with van der Waals surface area (Å²) in [5.74, 6) is 1.37. The molecule has 0 aliphatic carbocycles. The molecule has 1 aromatic carbocycles. The monoisotopic (exact) mass is 366 g/mol. The van der Waals surface area contributed by atoms with Crippen LogP contribution >= 0.6 is 11.8 Å². The van der Waals surface area contributed by atoms with Gasteiger partial charge in [-0.15, -0.1) is 11.8 Å². The number of amides is 1. The summed E-state index contributed by atoms with van der Waals surface area (Å²) in [6.45, 7) is 2.48. The van der Waals surface area contributed by atoms with Gasteiger partial charge in [-0.05, 0) is 24.6 Å². The highest BCUT2D eigenvalue weighted by molar-refractivity contribution is 7.99. The first kappa shape index (κ1) is 17.9. The molecule has 2 heterocycles. The van der Waals surface area contributed by atoms with E-state index in [1.807, 2.05) is 23.1 Å². The highest BCUT2D eigenvalue weighted by Gasteiger charge is 2.24. The summed E-state index contributed by atoms with van der Waals surface area (Å²) in [5.41, 5.74) is 0. The number of nitrogens with one attached hydrogen (secondary N) is 1. The van der Waals surface area contributed by atoms with Gasteiger partial charge in [0.15, 0.2) is 11.5 Å². The second kappa shape index (κ2) is 8.44. The minimum Gasteiger partial charge on any atom is -0.486 e. The Morgan fingerprint density at radius 2 is 2.08 bits per heavy atom. The number of likely N-dealkylation sites (tertiary alicyclic amines) is 1. The highest BCUT2D eigenvalue weighted by atomic mass is 32.2. The molecule has 0 spiro atoms. The molecule has 1 unspecified atom stereocenters. The van der Waals surface area contributed by atoms with Crippen molar-refractivity contribution in [3.05, 3.63) is 18.2 Å². The Labute approximate surface area is 150 Å². The second-order valence-corrected chi connectivity index (χ2v) is 7.25. The molecule has 7 nitrogen and oxygen atoms in total. The lowest BCUT2D eigenvalue weighted by Gasteiger charge is -2.18. The van der Waals surface area contributed by atoms with Crippen LogP contribution in [-0.2, 0) is 9.59 Å². The summed E-state index contributed by atoms with van der Waals surface area (Å²) in [4.78, 5) is 25.6. The summed E-state index contributed by atoms with van der Waals surface area (Å²) in [5, 5.41) is 11.8. The number of carbonyl (C=O) groups excluding carboxylic acids is 1. The van der Waals surface area contributed by atoms with Crippen LogP contribution in [0.4, 0.5) is 0 Å². The van der Waals surface area contributed by atoms with Gasteiger partial charge in [0.2, 0.25) is 5.91 Å². The van der Waals surface area contributed by atoms with E-state index in [-0.39, 0.29) is 18.5 Å². The number of carbonyl (C=O) groups is 2. The summed E-state index contributed by atoms with van der Waals surface area (Å²) < 4.78 is 11.0. The Balaban J connectivity index is 1.37. The Hall–Kier alpha value is -1.93. The lowest BCUT2D eigenvalue weighted by molar-refractivity contribution is -0.138. The third-order valence-corrected chi connectivity index (χ3v) is 5.10. The molecule has 1 fully saturated rings. The lowest BCUT2D eigenvalue weighted by atomic mass is 10.2. The van der Waals surface area contributed by atoms with E-state index in [2.05, 4.69) is 5.32 Å². The Kier molecular flexibility index (Phi) is 6.04. The summed E-state index contributed by atoms with van der Waals surface area (Å²) in [6.07, 6.45) is 1.23. The first-order valence-electron chi connectivity index (χ1n) is 8.36. The zero-order valence-electron chi connectivity index (χ0n) is 13.9. The number of hydrogen-bond donors (Lipinski definition) is 2. The number of hydrogen-bond acceptors (Lipinski definition) is 6. The fourth-order valence-corrected chi connectivity index (χ4v) is 3.84. The van der Waals surface area contributed by atoms with E-state index in [0.29, 0.717) is 38.5 Å². The van der Waals surface area contributed by atoms with Gasteiger partial charge in [-0.25, -0.2) is 0 Å². The zero-order valence-corrected chi connectivity index (χ0v) is 14.7. The normalized spacial score (nSPS) is 19.6. The number of fused-ring (bicyclic) bond motifs is 1. The molecule has 8 heteroatoms. The molecule has 0 radical (unpaired) electrons. The SMILES string of the molecule is O=C(O)CN1CCC(NC(=O)CCSc2ccc3c(c2)OCCO3)C1. The minimum atomic E-state index is -0.831. The van der Waals surface area contributed by atoms with Crippen LogP contribution < -0.4 is 14.8 Å². The maximum Gasteiger partial charge on any atom is 0.317 e. The number of aliphatic carboxylic acids is 1. The van der Waals surface area contributed by atoms with Gasteiger partial charge in [-0.3, -0.25) is 14.5 Å². The fourth-order valence-electron chi connectivity index (χ4n) is 2.96. The van der Waals surface area contributed by atoms with Crippen LogP contribution in [-0.4, -0.2) is 66.5 Å². The number of carboxylic acids is 1. The van der Waals surface area contributed by atoms with Crippen LogP contribution in [0.2, 0.25) is 0 Å². The van der Waals surface area contributed by atoms with E-state index in [0.717, 1.165) is 22.8 Å². The Bertz CT molecular complexity index is 639. The van der Waals surface area contributed by atoms with E-state index in [1.54, 1.807) is 11.8 Å². The summed E-state index contributed by atoms with van der Waals surface area (Å²) in [7, 11) is 0. The largest absolute Gasteiger partial charge is 0.486 e. The molecule has 1 amide bonds.